The molecule has 1 rings (SSSR count). The highest BCUT2D eigenvalue weighted by atomic mass is 16.4. The monoisotopic (exact) mass is 264 g/mol. The second kappa shape index (κ2) is 7.67. The minimum absolute atomic E-state index is 0.190. The van der Waals surface area contributed by atoms with E-state index in [1.165, 1.54) is 0 Å². The molecule has 1 aromatic rings. The molecule has 0 radical (unpaired) electrons. The Balaban J connectivity index is 2.93. The van der Waals surface area contributed by atoms with Crippen LogP contribution in [0.2, 0.25) is 0 Å². The summed E-state index contributed by atoms with van der Waals surface area (Å²) in [4.78, 5) is 13.4. The highest BCUT2D eigenvalue weighted by molar-refractivity contribution is 5.94. The van der Waals surface area contributed by atoms with Crippen LogP contribution in [0.5, 0.6) is 0 Å². The molecular weight excluding hydrogens is 240 g/mol. The van der Waals surface area contributed by atoms with Gasteiger partial charge in [0.05, 0.1) is 5.56 Å². The van der Waals surface area contributed by atoms with E-state index in [0.29, 0.717) is 5.69 Å². The Morgan fingerprint density at radius 2 is 1.79 bits per heavy atom. The summed E-state index contributed by atoms with van der Waals surface area (Å²) in [5.74, 6) is -0.967. The molecule has 0 spiro atoms. The zero-order chi connectivity index (χ0) is 14.3. The smallest absolute Gasteiger partial charge is 0.337 e. The molecule has 0 aliphatic carbocycles. The number of nitrogens with two attached hydrogens (primary N) is 1. The molecule has 0 saturated heterocycles. The number of unbranched alkanes of at least 4 members (excludes halogenated alkanes) is 2. The summed E-state index contributed by atoms with van der Waals surface area (Å²) in [7, 11) is 0. The van der Waals surface area contributed by atoms with Gasteiger partial charge in [0.1, 0.15) is 0 Å². The summed E-state index contributed by atoms with van der Waals surface area (Å²) in [5.41, 5.74) is 7.16. The Bertz CT molecular complexity index is 411. The number of aromatic carboxylic acids is 1. The SMILES string of the molecule is CCCCN(CCCC)c1ccc(N)c(C(=O)O)c1. The maximum Gasteiger partial charge on any atom is 0.337 e. The molecule has 0 fully saturated rings. The van der Waals surface area contributed by atoms with Crippen molar-refractivity contribution in [3.05, 3.63) is 23.8 Å². The van der Waals surface area contributed by atoms with Gasteiger partial charge >= 0.3 is 5.97 Å². The van der Waals surface area contributed by atoms with Crippen LogP contribution in [0.1, 0.15) is 49.9 Å². The highest BCUT2D eigenvalue weighted by Gasteiger charge is 2.12. The highest BCUT2D eigenvalue weighted by Crippen LogP contribution is 2.22. The molecule has 19 heavy (non-hydrogen) atoms. The fraction of sp³-hybridized carbons (Fsp3) is 0.533. The topological polar surface area (TPSA) is 66.6 Å². The van der Waals surface area contributed by atoms with Crippen molar-refractivity contribution in [1.29, 1.82) is 0 Å². The van der Waals surface area contributed by atoms with Crippen molar-refractivity contribution in [2.45, 2.75) is 39.5 Å². The summed E-state index contributed by atoms with van der Waals surface area (Å²) < 4.78 is 0. The van der Waals surface area contributed by atoms with Gasteiger partial charge in [0.2, 0.25) is 0 Å². The molecule has 0 unspecified atom stereocenters. The largest absolute Gasteiger partial charge is 0.478 e. The zero-order valence-electron chi connectivity index (χ0n) is 11.9. The number of carboxylic acid groups (broad SMARTS) is 1. The number of hydrogen-bond acceptors (Lipinski definition) is 3. The minimum atomic E-state index is -0.967. The van der Waals surface area contributed by atoms with Gasteiger partial charge in [-0.3, -0.25) is 0 Å². The van der Waals surface area contributed by atoms with Crippen LogP contribution in [0.15, 0.2) is 18.2 Å². The molecule has 0 atom stereocenters. The van der Waals surface area contributed by atoms with Crippen LogP contribution in [0.3, 0.4) is 0 Å². The van der Waals surface area contributed by atoms with Gasteiger partial charge < -0.3 is 15.7 Å². The van der Waals surface area contributed by atoms with Gasteiger partial charge in [-0.2, -0.15) is 0 Å². The summed E-state index contributed by atoms with van der Waals surface area (Å²) in [6.45, 7) is 6.23. The first-order valence-corrected chi connectivity index (χ1v) is 6.97. The molecule has 1 aromatic carbocycles. The molecule has 0 aromatic heterocycles. The van der Waals surface area contributed by atoms with Crippen LogP contribution in [0, 0.1) is 0 Å². The number of benzene rings is 1. The Kier molecular flexibility index (Phi) is 6.19. The average molecular weight is 264 g/mol. The molecule has 106 valence electrons. The van der Waals surface area contributed by atoms with Crippen molar-refractivity contribution in [1.82, 2.24) is 0 Å². The minimum Gasteiger partial charge on any atom is -0.478 e. The third kappa shape index (κ3) is 4.47. The lowest BCUT2D eigenvalue weighted by Crippen LogP contribution is -2.26. The number of hydrogen-bond donors (Lipinski definition) is 2. The van der Waals surface area contributed by atoms with Crippen LogP contribution in [0.4, 0.5) is 11.4 Å². The Morgan fingerprint density at radius 1 is 1.21 bits per heavy atom. The molecule has 0 amide bonds. The third-order valence-corrected chi connectivity index (χ3v) is 3.20. The van der Waals surface area contributed by atoms with Crippen molar-refractivity contribution in [2.75, 3.05) is 23.7 Å². The van der Waals surface area contributed by atoms with E-state index in [9.17, 15) is 4.79 Å². The van der Waals surface area contributed by atoms with Crippen molar-refractivity contribution >= 4 is 17.3 Å². The Morgan fingerprint density at radius 3 is 2.26 bits per heavy atom. The first-order chi connectivity index (χ1) is 9.10. The second-order valence-corrected chi connectivity index (χ2v) is 4.77. The van der Waals surface area contributed by atoms with E-state index in [4.69, 9.17) is 10.8 Å². The van der Waals surface area contributed by atoms with Gasteiger partial charge in [-0.1, -0.05) is 26.7 Å². The zero-order valence-corrected chi connectivity index (χ0v) is 11.9. The molecule has 4 nitrogen and oxygen atoms in total. The first kappa shape index (κ1) is 15.3. The molecule has 4 heteroatoms. The average Bonchev–Trinajstić information content (AvgIpc) is 2.39. The van der Waals surface area contributed by atoms with Crippen LogP contribution in [-0.4, -0.2) is 24.2 Å². The second-order valence-electron chi connectivity index (χ2n) is 4.77. The van der Waals surface area contributed by atoms with Gasteiger partial charge in [0.25, 0.3) is 0 Å². The summed E-state index contributed by atoms with van der Waals surface area (Å²) >= 11 is 0. The molecule has 0 saturated carbocycles. The van der Waals surface area contributed by atoms with Gasteiger partial charge in [-0.15, -0.1) is 0 Å². The summed E-state index contributed by atoms with van der Waals surface area (Å²) in [6.07, 6.45) is 4.47. The fourth-order valence-corrected chi connectivity index (χ4v) is 1.99. The first-order valence-electron chi connectivity index (χ1n) is 6.97. The number of carbonyl (C=O) groups is 1. The van der Waals surface area contributed by atoms with E-state index >= 15 is 0 Å². The van der Waals surface area contributed by atoms with Crippen LogP contribution in [0.25, 0.3) is 0 Å². The van der Waals surface area contributed by atoms with Gasteiger partial charge in [-0.25, -0.2) is 4.79 Å². The normalized spacial score (nSPS) is 10.4. The van der Waals surface area contributed by atoms with E-state index in [0.717, 1.165) is 44.5 Å². The Hall–Kier alpha value is -1.71. The van der Waals surface area contributed by atoms with E-state index in [-0.39, 0.29) is 5.56 Å². The summed E-state index contributed by atoms with van der Waals surface area (Å²) in [5, 5.41) is 9.13. The number of nitrogen functional groups attached to an aromatic ring is 1. The fourth-order valence-electron chi connectivity index (χ4n) is 1.99. The van der Waals surface area contributed by atoms with Gasteiger partial charge in [-0.05, 0) is 31.0 Å². The van der Waals surface area contributed by atoms with Crippen molar-refractivity contribution < 1.29 is 9.90 Å². The van der Waals surface area contributed by atoms with Crippen molar-refractivity contribution in [2.24, 2.45) is 0 Å². The van der Waals surface area contributed by atoms with Crippen molar-refractivity contribution in [3.8, 4) is 0 Å². The molecule has 0 bridgehead atoms. The maximum atomic E-state index is 11.1. The van der Waals surface area contributed by atoms with E-state index in [2.05, 4.69) is 18.7 Å². The maximum absolute atomic E-state index is 11.1. The number of rotatable bonds is 8. The van der Waals surface area contributed by atoms with Crippen LogP contribution in [-0.2, 0) is 0 Å². The molecule has 3 N–H and O–H groups in total. The summed E-state index contributed by atoms with van der Waals surface area (Å²) in [6, 6.07) is 5.28. The predicted molar refractivity (Wildman–Crippen MR) is 79.8 cm³/mol. The van der Waals surface area contributed by atoms with Crippen molar-refractivity contribution in [3.63, 3.8) is 0 Å². The molecular formula is C15H24N2O2. The Labute approximate surface area is 115 Å². The number of nitrogens with zero attached hydrogens (tertiary/aromatic N) is 1. The standard InChI is InChI=1S/C15H24N2O2/c1-3-5-9-17(10-6-4-2)12-7-8-14(16)13(11-12)15(18)19/h7-8,11H,3-6,9-10,16H2,1-2H3,(H,18,19). The quantitative estimate of drug-likeness (QED) is 0.706. The lowest BCUT2D eigenvalue weighted by atomic mass is 10.1. The van der Waals surface area contributed by atoms with Crippen LogP contribution < -0.4 is 10.6 Å². The van der Waals surface area contributed by atoms with Crippen LogP contribution >= 0.6 is 0 Å². The van der Waals surface area contributed by atoms with E-state index in [1.54, 1.807) is 12.1 Å². The molecule has 0 heterocycles. The van der Waals surface area contributed by atoms with E-state index < -0.39 is 5.97 Å². The van der Waals surface area contributed by atoms with Gasteiger partial charge in [0, 0.05) is 24.5 Å². The lowest BCUT2D eigenvalue weighted by molar-refractivity contribution is 0.0698. The third-order valence-electron chi connectivity index (χ3n) is 3.20. The van der Waals surface area contributed by atoms with E-state index in [1.807, 2.05) is 6.07 Å². The molecule has 0 aliphatic rings. The number of carboxylic acids is 1. The molecule has 0 aliphatic heterocycles. The lowest BCUT2D eigenvalue weighted by Gasteiger charge is -2.25. The van der Waals surface area contributed by atoms with Gasteiger partial charge in [0.15, 0.2) is 0 Å². The predicted octanol–water partition coefficient (Wildman–Crippen LogP) is 3.37. The number of anilines is 2.